The maximum Gasteiger partial charge on any atom is 0.153 e. The van der Waals surface area contributed by atoms with Crippen molar-refractivity contribution in [2.75, 3.05) is 7.11 Å². The van der Waals surface area contributed by atoms with Crippen molar-refractivity contribution in [1.82, 2.24) is 10.2 Å². The van der Waals surface area contributed by atoms with Crippen LogP contribution < -0.4 is 4.74 Å². The van der Waals surface area contributed by atoms with Crippen LogP contribution in [0.25, 0.3) is 0 Å². The number of aromatic nitrogens is 2. The molecule has 1 aromatic carbocycles. The molecule has 2 aliphatic carbocycles. The van der Waals surface area contributed by atoms with Crippen molar-refractivity contribution in [3.8, 4) is 11.8 Å². The highest BCUT2D eigenvalue weighted by Gasteiger charge is 2.56. The van der Waals surface area contributed by atoms with E-state index in [0.29, 0.717) is 6.42 Å². The van der Waals surface area contributed by atoms with Crippen LogP contribution in [0.1, 0.15) is 36.6 Å². The predicted octanol–water partition coefficient (Wildman–Crippen LogP) is 3.02. The highest BCUT2D eigenvalue weighted by atomic mass is 16.5. The first kappa shape index (κ1) is 15.9. The topological polar surface area (TPSA) is 78.8 Å². The number of aryl methyl sites for hydroxylation is 1. The van der Waals surface area contributed by atoms with Crippen LogP contribution >= 0.6 is 0 Å². The van der Waals surface area contributed by atoms with Gasteiger partial charge in [0.25, 0.3) is 0 Å². The van der Waals surface area contributed by atoms with E-state index in [1.54, 1.807) is 7.11 Å². The van der Waals surface area contributed by atoms with Gasteiger partial charge in [0.15, 0.2) is 5.78 Å². The number of nitrogens with one attached hydrogen (secondary N) is 1. The number of aromatic amines is 1. The maximum absolute atomic E-state index is 12.7. The molecule has 25 heavy (non-hydrogen) atoms. The lowest BCUT2D eigenvalue weighted by molar-refractivity contribution is -0.131. The van der Waals surface area contributed by atoms with Crippen molar-refractivity contribution in [2.45, 2.75) is 31.6 Å². The van der Waals surface area contributed by atoms with Gasteiger partial charge in [0.05, 0.1) is 19.4 Å². The molecule has 1 N–H and O–H groups in total. The number of ether oxygens (including phenoxy) is 1. The van der Waals surface area contributed by atoms with Crippen LogP contribution in [-0.4, -0.2) is 23.1 Å². The lowest BCUT2D eigenvalue weighted by Gasteiger charge is -2.50. The van der Waals surface area contributed by atoms with E-state index >= 15 is 0 Å². The molecule has 1 unspecified atom stereocenters. The Kier molecular flexibility index (Phi) is 3.64. The molecule has 4 rings (SSSR count). The summed E-state index contributed by atoms with van der Waals surface area (Å²) in [7, 11) is 1.65. The zero-order chi connectivity index (χ0) is 17.6. The summed E-state index contributed by atoms with van der Waals surface area (Å²) in [6, 6.07) is 10.3. The van der Waals surface area contributed by atoms with Crippen molar-refractivity contribution in [2.24, 2.45) is 17.8 Å². The first-order valence-electron chi connectivity index (χ1n) is 8.72. The van der Waals surface area contributed by atoms with Gasteiger partial charge >= 0.3 is 0 Å². The number of methoxy groups -OCH3 is 1. The van der Waals surface area contributed by atoms with E-state index in [0.717, 1.165) is 29.8 Å². The number of rotatable bonds is 2. The Morgan fingerprint density at radius 1 is 1.36 bits per heavy atom. The minimum Gasteiger partial charge on any atom is -0.497 e. The summed E-state index contributed by atoms with van der Waals surface area (Å²) in [5.41, 5.74) is 3.03. The van der Waals surface area contributed by atoms with E-state index in [-0.39, 0.29) is 23.0 Å². The summed E-state index contributed by atoms with van der Waals surface area (Å²) in [5, 5.41) is 17.1. The van der Waals surface area contributed by atoms with Crippen LogP contribution in [0.5, 0.6) is 5.75 Å². The zero-order valence-corrected chi connectivity index (χ0v) is 14.5. The fourth-order valence-electron chi connectivity index (χ4n) is 4.97. The summed E-state index contributed by atoms with van der Waals surface area (Å²) in [4.78, 5) is 12.7. The number of fused-ring (bicyclic) bond motifs is 3. The largest absolute Gasteiger partial charge is 0.497 e. The van der Waals surface area contributed by atoms with Crippen molar-refractivity contribution in [3.63, 3.8) is 0 Å². The molecule has 5 nitrogen and oxygen atoms in total. The Bertz CT molecular complexity index is 849. The molecule has 1 fully saturated rings. The van der Waals surface area contributed by atoms with Crippen LogP contribution in [-0.2, 0) is 16.6 Å². The standard InChI is InChI=1S/C20H21N3O2/c1-12-17-8-3-13-11-22-23-19(13)20(17,9-14(10-21)18(12)24)15-4-6-16(25-2)7-5-15/h4-7,11-12,14,17H,3,8-9H2,1-2H3,(H,22,23)/t12-,14?,17-,20-/m0/s1. The fraction of sp³-hybridized carbons (Fsp3) is 0.450. The molecular weight excluding hydrogens is 314 g/mol. The van der Waals surface area contributed by atoms with Gasteiger partial charge in [-0.1, -0.05) is 19.1 Å². The Labute approximate surface area is 147 Å². The second-order valence-electron chi connectivity index (χ2n) is 7.19. The molecule has 4 atom stereocenters. The van der Waals surface area contributed by atoms with E-state index in [4.69, 9.17) is 4.74 Å². The van der Waals surface area contributed by atoms with Gasteiger partial charge in [0.1, 0.15) is 11.7 Å². The van der Waals surface area contributed by atoms with Crippen LogP contribution in [0, 0.1) is 29.1 Å². The smallest absolute Gasteiger partial charge is 0.153 e. The van der Waals surface area contributed by atoms with E-state index in [1.807, 2.05) is 25.3 Å². The van der Waals surface area contributed by atoms with Crippen LogP contribution in [0.4, 0.5) is 0 Å². The second kappa shape index (κ2) is 5.73. The van der Waals surface area contributed by atoms with Crippen molar-refractivity contribution in [1.29, 1.82) is 5.26 Å². The number of Topliss-reactive ketones (excluding diaryl/α,β-unsaturated/α-hetero) is 1. The van der Waals surface area contributed by atoms with E-state index in [2.05, 4.69) is 28.4 Å². The summed E-state index contributed by atoms with van der Waals surface area (Å²) < 4.78 is 5.30. The van der Waals surface area contributed by atoms with Crippen LogP contribution in [0.2, 0.25) is 0 Å². The molecule has 2 aliphatic rings. The van der Waals surface area contributed by atoms with Gasteiger partial charge in [-0.3, -0.25) is 9.89 Å². The third-order valence-corrected chi connectivity index (χ3v) is 6.20. The quantitative estimate of drug-likeness (QED) is 0.915. The molecule has 128 valence electrons. The lowest BCUT2D eigenvalue weighted by Crippen LogP contribution is -2.52. The maximum atomic E-state index is 12.7. The second-order valence-corrected chi connectivity index (χ2v) is 7.19. The Hall–Kier alpha value is -2.61. The minimum absolute atomic E-state index is 0.0830. The van der Waals surface area contributed by atoms with E-state index in [1.165, 1.54) is 5.56 Å². The zero-order valence-electron chi connectivity index (χ0n) is 14.5. The fourth-order valence-corrected chi connectivity index (χ4v) is 4.97. The van der Waals surface area contributed by atoms with Gasteiger partial charge in [-0.05, 0) is 48.4 Å². The van der Waals surface area contributed by atoms with Gasteiger partial charge in [-0.2, -0.15) is 10.4 Å². The predicted molar refractivity (Wildman–Crippen MR) is 92.1 cm³/mol. The summed E-state index contributed by atoms with van der Waals surface area (Å²) >= 11 is 0. The molecule has 1 aromatic heterocycles. The van der Waals surface area contributed by atoms with Gasteiger partial charge < -0.3 is 4.74 Å². The number of nitriles is 1. The summed E-state index contributed by atoms with van der Waals surface area (Å²) in [6.07, 6.45) is 4.25. The Morgan fingerprint density at radius 2 is 2.12 bits per heavy atom. The minimum atomic E-state index is -0.581. The number of nitrogens with zero attached hydrogens (tertiary/aromatic N) is 2. The molecular formula is C20H21N3O2. The average Bonchev–Trinajstić information content (AvgIpc) is 3.14. The van der Waals surface area contributed by atoms with Crippen molar-refractivity contribution in [3.05, 3.63) is 47.3 Å². The van der Waals surface area contributed by atoms with Crippen LogP contribution in [0.15, 0.2) is 30.5 Å². The molecule has 2 aromatic rings. The van der Waals surface area contributed by atoms with Gasteiger partial charge in [0, 0.05) is 17.0 Å². The molecule has 0 amide bonds. The highest BCUT2D eigenvalue weighted by Crippen LogP contribution is 2.55. The molecule has 0 spiro atoms. The van der Waals surface area contributed by atoms with Gasteiger partial charge in [-0.15, -0.1) is 0 Å². The SMILES string of the molecule is COc1ccc([C@@]23CC(C#N)C(=O)[C@@H](C)[C@@H]2CCc2cn[nH]c23)cc1. The number of hydrogen-bond acceptors (Lipinski definition) is 4. The number of ketones is 1. The van der Waals surface area contributed by atoms with Crippen molar-refractivity contribution < 1.29 is 9.53 Å². The first-order chi connectivity index (χ1) is 12.1. The molecule has 0 radical (unpaired) electrons. The third-order valence-electron chi connectivity index (χ3n) is 6.20. The third kappa shape index (κ3) is 2.13. The normalized spacial score (nSPS) is 30.9. The number of hydrogen-bond donors (Lipinski definition) is 1. The highest BCUT2D eigenvalue weighted by molar-refractivity contribution is 5.87. The molecule has 5 heteroatoms. The number of carbonyl (C=O) groups excluding carboxylic acids is 1. The molecule has 0 saturated heterocycles. The van der Waals surface area contributed by atoms with Gasteiger partial charge in [0.2, 0.25) is 0 Å². The summed E-state index contributed by atoms with van der Waals surface area (Å²) in [5.74, 6) is 0.333. The molecule has 1 heterocycles. The molecule has 0 aliphatic heterocycles. The van der Waals surface area contributed by atoms with Gasteiger partial charge in [-0.25, -0.2) is 0 Å². The number of carbonyl (C=O) groups is 1. The number of H-pyrrole nitrogens is 1. The lowest BCUT2D eigenvalue weighted by atomic mass is 9.51. The molecule has 0 bridgehead atoms. The average molecular weight is 335 g/mol. The van der Waals surface area contributed by atoms with Crippen molar-refractivity contribution >= 4 is 5.78 Å². The Morgan fingerprint density at radius 3 is 2.80 bits per heavy atom. The monoisotopic (exact) mass is 335 g/mol. The Balaban J connectivity index is 1.94. The molecule has 1 saturated carbocycles. The van der Waals surface area contributed by atoms with Crippen LogP contribution in [0.3, 0.4) is 0 Å². The van der Waals surface area contributed by atoms with E-state index < -0.39 is 5.92 Å². The summed E-state index contributed by atoms with van der Waals surface area (Å²) in [6.45, 7) is 1.98. The first-order valence-corrected chi connectivity index (χ1v) is 8.72. The van der Waals surface area contributed by atoms with E-state index in [9.17, 15) is 10.1 Å². The number of benzene rings is 1.